The lowest BCUT2D eigenvalue weighted by Crippen LogP contribution is -2.43. The SMILES string of the molecule is CC1(NS(=O)(=O)c2ccnc(Cl)c2)CCCC1. The lowest BCUT2D eigenvalue weighted by atomic mass is 10.0. The molecule has 0 aliphatic heterocycles. The summed E-state index contributed by atoms with van der Waals surface area (Å²) < 4.78 is 27.1. The van der Waals surface area contributed by atoms with Gasteiger partial charge in [0.15, 0.2) is 0 Å². The third-order valence-electron chi connectivity index (χ3n) is 3.10. The Morgan fingerprint density at radius 1 is 1.41 bits per heavy atom. The summed E-state index contributed by atoms with van der Waals surface area (Å²) in [5, 5.41) is 0.185. The number of pyridine rings is 1. The first-order valence-electron chi connectivity index (χ1n) is 5.57. The van der Waals surface area contributed by atoms with Crippen LogP contribution in [0.15, 0.2) is 23.2 Å². The molecule has 0 saturated heterocycles. The lowest BCUT2D eigenvalue weighted by Gasteiger charge is -2.24. The smallest absolute Gasteiger partial charge is 0.241 e. The molecule has 94 valence electrons. The van der Waals surface area contributed by atoms with E-state index in [1.54, 1.807) is 0 Å². The van der Waals surface area contributed by atoms with Crippen molar-refractivity contribution in [1.29, 1.82) is 0 Å². The highest BCUT2D eigenvalue weighted by Crippen LogP contribution is 2.30. The van der Waals surface area contributed by atoms with Gasteiger partial charge in [0.1, 0.15) is 5.15 Å². The number of aromatic nitrogens is 1. The highest BCUT2D eigenvalue weighted by molar-refractivity contribution is 7.89. The van der Waals surface area contributed by atoms with Crippen LogP contribution in [0.4, 0.5) is 0 Å². The number of halogens is 1. The van der Waals surface area contributed by atoms with E-state index in [1.165, 1.54) is 18.3 Å². The second-order valence-corrected chi connectivity index (χ2v) is 6.76. The zero-order chi connectivity index (χ0) is 12.5. The molecule has 1 N–H and O–H groups in total. The van der Waals surface area contributed by atoms with E-state index in [1.807, 2.05) is 6.92 Å². The predicted molar refractivity (Wildman–Crippen MR) is 66.4 cm³/mol. The standard InChI is InChI=1S/C11H15ClN2O2S/c1-11(5-2-3-6-11)14-17(15,16)9-4-7-13-10(12)8-9/h4,7-8,14H,2-3,5-6H2,1H3. The Morgan fingerprint density at radius 2 is 2.06 bits per heavy atom. The van der Waals surface area contributed by atoms with Crippen LogP contribution in [0.2, 0.25) is 5.15 Å². The van der Waals surface area contributed by atoms with E-state index in [-0.39, 0.29) is 15.6 Å². The normalized spacial score (nSPS) is 19.4. The summed E-state index contributed by atoms with van der Waals surface area (Å²) in [7, 11) is -3.50. The van der Waals surface area contributed by atoms with Gasteiger partial charge < -0.3 is 0 Å². The van der Waals surface area contributed by atoms with Crippen LogP contribution in [-0.2, 0) is 10.0 Å². The average molecular weight is 275 g/mol. The lowest BCUT2D eigenvalue weighted by molar-refractivity contribution is 0.427. The second kappa shape index (κ2) is 4.55. The maximum absolute atomic E-state index is 12.1. The van der Waals surface area contributed by atoms with Gasteiger partial charge in [0.2, 0.25) is 10.0 Å². The van der Waals surface area contributed by atoms with Gasteiger partial charge in [0.25, 0.3) is 0 Å². The van der Waals surface area contributed by atoms with Crippen molar-refractivity contribution in [3.63, 3.8) is 0 Å². The van der Waals surface area contributed by atoms with Crippen LogP contribution in [0.1, 0.15) is 32.6 Å². The van der Waals surface area contributed by atoms with Crippen LogP contribution in [0.5, 0.6) is 0 Å². The van der Waals surface area contributed by atoms with Gasteiger partial charge in [-0.3, -0.25) is 0 Å². The molecular formula is C11H15ClN2O2S. The van der Waals surface area contributed by atoms with E-state index < -0.39 is 10.0 Å². The molecule has 0 amide bonds. The molecule has 0 radical (unpaired) electrons. The Hall–Kier alpha value is -0.650. The highest BCUT2D eigenvalue weighted by atomic mass is 35.5. The molecule has 0 spiro atoms. The number of sulfonamides is 1. The quantitative estimate of drug-likeness (QED) is 0.861. The van der Waals surface area contributed by atoms with Gasteiger partial charge >= 0.3 is 0 Å². The van der Waals surface area contributed by atoms with E-state index >= 15 is 0 Å². The fraction of sp³-hybridized carbons (Fsp3) is 0.545. The molecule has 1 fully saturated rings. The largest absolute Gasteiger partial charge is 0.244 e. The molecule has 17 heavy (non-hydrogen) atoms. The summed E-state index contributed by atoms with van der Waals surface area (Å²) in [5.74, 6) is 0. The Kier molecular flexibility index (Phi) is 3.43. The summed E-state index contributed by atoms with van der Waals surface area (Å²) in [4.78, 5) is 3.95. The van der Waals surface area contributed by atoms with Crippen molar-refractivity contribution in [2.24, 2.45) is 0 Å². The van der Waals surface area contributed by atoms with Crippen molar-refractivity contribution < 1.29 is 8.42 Å². The van der Waals surface area contributed by atoms with Gasteiger partial charge in [-0.05, 0) is 31.9 Å². The van der Waals surface area contributed by atoms with Crippen LogP contribution >= 0.6 is 11.6 Å². The molecule has 1 saturated carbocycles. The highest BCUT2D eigenvalue weighted by Gasteiger charge is 2.33. The first kappa shape index (κ1) is 12.8. The van der Waals surface area contributed by atoms with Gasteiger partial charge in [-0.2, -0.15) is 0 Å². The fourth-order valence-corrected chi connectivity index (χ4v) is 3.91. The fourth-order valence-electron chi connectivity index (χ4n) is 2.19. The number of hydrogen-bond donors (Lipinski definition) is 1. The van der Waals surface area contributed by atoms with Gasteiger partial charge in [0.05, 0.1) is 4.90 Å². The van der Waals surface area contributed by atoms with Crippen LogP contribution < -0.4 is 4.72 Å². The van der Waals surface area contributed by atoms with Crippen LogP contribution in [-0.4, -0.2) is 18.9 Å². The van der Waals surface area contributed by atoms with Crippen molar-refractivity contribution in [3.05, 3.63) is 23.5 Å². The number of nitrogens with one attached hydrogen (secondary N) is 1. The summed E-state index contributed by atoms with van der Waals surface area (Å²) in [6.45, 7) is 1.94. The Labute approximate surface area is 106 Å². The second-order valence-electron chi connectivity index (χ2n) is 4.69. The first-order chi connectivity index (χ1) is 7.91. The zero-order valence-electron chi connectivity index (χ0n) is 9.61. The van der Waals surface area contributed by atoms with Crippen LogP contribution in [0.25, 0.3) is 0 Å². The molecule has 1 aromatic rings. The zero-order valence-corrected chi connectivity index (χ0v) is 11.2. The van der Waals surface area contributed by atoms with Crippen molar-refractivity contribution in [2.75, 3.05) is 0 Å². The monoisotopic (exact) mass is 274 g/mol. The Morgan fingerprint density at radius 3 is 2.65 bits per heavy atom. The molecule has 4 nitrogen and oxygen atoms in total. The van der Waals surface area contributed by atoms with E-state index in [9.17, 15) is 8.42 Å². The average Bonchev–Trinajstić information content (AvgIpc) is 2.64. The van der Waals surface area contributed by atoms with Gasteiger partial charge in [0, 0.05) is 11.7 Å². The third kappa shape index (κ3) is 2.97. The minimum absolute atomic E-state index is 0.172. The van der Waals surface area contributed by atoms with Crippen LogP contribution in [0, 0.1) is 0 Å². The van der Waals surface area contributed by atoms with Gasteiger partial charge in [-0.1, -0.05) is 24.4 Å². The minimum Gasteiger partial charge on any atom is -0.244 e. The number of hydrogen-bond acceptors (Lipinski definition) is 3. The van der Waals surface area contributed by atoms with Crippen LogP contribution in [0.3, 0.4) is 0 Å². The molecule has 0 aromatic carbocycles. The maximum Gasteiger partial charge on any atom is 0.241 e. The van der Waals surface area contributed by atoms with Crippen molar-refractivity contribution in [3.8, 4) is 0 Å². The van der Waals surface area contributed by atoms with E-state index in [2.05, 4.69) is 9.71 Å². The van der Waals surface area contributed by atoms with E-state index in [0.29, 0.717) is 0 Å². The molecule has 2 rings (SSSR count). The first-order valence-corrected chi connectivity index (χ1v) is 7.43. The molecule has 6 heteroatoms. The predicted octanol–water partition coefficient (Wildman–Crippen LogP) is 2.35. The molecule has 1 aliphatic rings. The van der Waals surface area contributed by atoms with Crippen molar-refractivity contribution in [1.82, 2.24) is 9.71 Å². The minimum atomic E-state index is -3.50. The molecule has 0 bridgehead atoms. The molecule has 0 unspecified atom stereocenters. The van der Waals surface area contributed by atoms with Gasteiger partial charge in [-0.15, -0.1) is 0 Å². The topological polar surface area (TPSA) is 59.1 Å². The molecule has 1 heterocycles. The summed E-state index contributed by atoms with van der Waals surface area (Å²) >= 11 is 5.70. The molecule has 0 atom stereocenters. The Balaban J connectivity index is 2.25. The van der Waals surface area contributed by atoms with Gasteiger partial charge in [-0.25, -0.2) is 18.1 Å². The van der Waals surface area contributed by atoms with E-state index in [0.717, 1.165) is 25.7 Å². The maximum atomic E-state index is 12.1. The van der Waals surface area contributed by atoms with Crippen molar-refractivity contribution in [2.45, 2.75) is 43.0 Å². The molecular weight excluding hydrogens is 260 g/mol. The Bertz CT molecular complexity index is 510. The number of nitrogens with zero attached hydrogens (tertiary/aromatic N) is 1. The molecule has 1 aromatic heterocycles. The summed E-state index contributed by atoms with van der Waals surface area (Å²) in [6.07, 6.45) is 5.29. The summed E-state index contributed by atoms with van der Waals surface area (Å²) in [6, 6.07) is 2.81. The van der Waals surface area contributed by atoms with E-state index in [4.69, 9.17) is 11.6 Å². The molecule has 1 aliphatic carbocycles. The summed E-state index contributed by atoms with van der Waals surface area (Å²) in [5.41, 5.74) is -0.325. The third-order valence-corrected chi connectivity index (χ3v) is 4.94. The number of rotatable bonds is 3. The van der Waals surface area contributed by atoms with Crippen molar-refractivity contribution >= 4 is 21.6 Å².